The van der Waals surface area contributed by atoms with Crippen LogP contribution in [0.1, 0.15) is 43.9 Å². The summed E-state index contributed by atoms with van der Waals surface area (Å²) in [5, 5.41) is 10.2. The molecule has 0 aliphatic carbocycles. The fourth-order valence-corrected chi connectivity index (χ4v) is 2.34. The molecule has 1 rings (SSSR count). The Morgan fingerprint density at radius 3 is 2.53 bits per heavy atom. The van der Waals surface area contributed by atoms with E-state index in [-0.39, 0.29) is 5.60 Å². The highest BCUT2D eigenvalue weighted by Crippen LogP contribution is 2.27. The molecule has 0 spiro atoms. The maximum Gasteiger partial charge on any atom is 0.0791 e. The van der Waals surface area contributed by atoms with Gasteiger partial charge in [0.1, 0.15) is 0 Å². The van der Waals surface area contributed by atoms with Gasteiger partial charge in [-0.3, -0.25) is 0 Å². The number of benzene rings is 1. The van der Waals surface area contributed by atoms with Crippen LogP contribution < -0.4 is 0 Å². The summed E-state index contributed by atoms with van der Waals surface area (Å²) in [6.07, 6.45) is 1.10. The van der Waals surface area contributed by atoms with Gasteiger partial charge in [0.15, 0.2) is 0 Å². The largest absolute Gasteiger partial charge is 0.388 e. The Morgan fingerprint density at radius 2 is 2.00 bits per heavy atom. The molecule has 0 heterocycles. The van der Waals surface area contributed by atoms with Gasteiger partial charge in [0.05, 0.1) is 11.7 Å². The van der Waals surface area contributed by atoms with Crippen molar-refractivity contribution in [1.29, 1.82) is 0 Å². The molecular weight excluding hydrogens is 280 g/mol. The standard InChI is InChI=1S/C14H21BrO2/c1-10-7-11(9-12(15)8-10)13(16)5-6-14(2,3)17-4/h7-9,13,16H,5-6H2,1-4H3. The lowest BCUT2D eigenvalue weighted by Gasteiger charge is -2.24. The minimum Gasteiger partial charge on any atom is -0.388 e. The van der Waals surface area contributed by atoms with Crippen molar-refractivity contribution < 1.29 is 9.84 Å². The van der Waals surface area contributed by atoms with Crippen LogP contribution in [0.5, 0.6) is 0 Å². The lowest BCUT2D eigenvalue weighted by Crippen LogP contribution is -2.23. The van der Waals surface area contributed by atoms with Gasteiger partial charge in [-0.25, -0.2) is 0 Å². The zero-order chi connectivity index (χ0) is 13.1. The normalized spacial score (nSPS) is 13.8. The van der Waals surface area contributed by atoms with Crippen molar-refractivity contribution in [3.05, 3.63) is 33.8 Å². The summed E-state index contributed by atoms with van der Waals surface area (Å²) in [6, 6.07) is 6.03. The van der Waals surface area contributed by atoms with Gasteiger partial charge in [-0.05, 0) is 56.9 Å². The number of hydrogen-bond acceptors (Lipinski definition) is 2. The molecule has 0 radical (unpaired) electrons. The second kappa shape index (κ2) is 5.98. The van der Waals surface area contributed by atoms with Crippen LogP contribution in [0.25, 0.3) is 0 Å². The Morgan fingerprint density at radius 1 is 1.35 bits per heavy atom. The van der Waals surface area contributed by atoms with E-state index in [1.165, 1.54) is 0 Å². The van der Waals surface area contributed by atoms with Gasteiger partial charge in [-0.1, -0.05) is 22.0 Å². The van der Waals surface area contributed by atoms with Crippen molar-refractivity contribution in [3.8, 4) is 0 Å². The van der Waals surface area contributed by atoms with Crippen LogP contribution >= 0.6 is 15.9 Å². The summed E-state index contributed by atoms with van der Waals surface area (Å²) in [5.74, 6) is 0. The van der Waals surface area contributed by atoms with E-state index in [0.29, 0.717) is 6.42 Å². The third kappa shape index (κ3) is 4.78. The zero-order valence-electron chi connectivity index (χ0n) is 11.0. The Bertz CT molecular complexity index is 354. The Hall–Kier alpha value is -0.380. The van der Waals surface area contributed by atoms with E-state index in [2.05, 4.69) is 15.9 Å². The van der Waals surface area contributed by atoms with Gasteiger partial charge < -0.3 is 9.84 Å². The molecule has 1 unspecified atom stereocenters. The first kappa shape index (κ1) is 14.7. The van der Waals surface area contributed by atoms with Gasteiger partial charge in [0, 0.05) is 11.6 Å². The summed E-state index contributed by atoms with van der Waals surface area (Å²) in [7, 11) is 1.70. The molecule has 17 heavy (non-hydrogen) atoms. The molecule has 0 aromatic heterocycles. The van der Waals surface area contributed by atoms with Gasteiger partial charge in [-0.15, -0.1) is 0 Å². The molecule has 0 bridgehead atoms. The van der Waals surface area contributed by atoms with Gasteiger partial charge in [0.25, 0.3) is 0 Å². The number of ether oxygens (including phenoxy) is 1. The third-order valence-corrected chi connectivity index (χ3v) is 3.48. The molecule has 0 aliphatic rings. The molecule has 96 valence electrons. The molecule has 0 saturated carbocycles. The number of rotatable bonds is 5. The van der Waals surface area contributed by atoms with Crippen molar-refractivity contribution in [3.63, 3.8) is 0 Å². The molecule has 1 atom stereocenters. The van der Waals surface area contributed by atoms with Crippen molar-refractivity contribution in [2.75, 3.05) is 7.11 Å². The number of methoxy groups -OCH3 is 1. The van der Waals surface area contributed by atoms with E-state index >= 15 is 0 Å². The minimum absolute atomic E-state index is 0.179. The molecule has 0 amide bonds. The van der Waals surface area contributed by atoms with Crippen LogP contribution in [0, 0.1) is 6.92 Å². The van der Waals surface area contributed by atoms with E-state index in [4.69, 9.17) is 4.74 Å². The van der Waals surface area contributed by atoms with Gasteiger partial charge in [-0.2, -0.15) is 0 Å². The number of aliphatic hydroxyl groups is 1. The van der Waals surface area contributed by atoms with Crippen LogP contribution in [0.2, 0.25) is 0 Å². The monoisotopic (exact) mass is 300 g/mol. The molecule has 1 aromatic carbocycles. The topological polar surface area (TPSA) is 29.5 Å². The molecule has 1 aromatic rings. The van der Waals surface area contributed by atoms with Crippen LogP contribution in [0.3, 0.4) is 0 Å². The van der Waals surface area contributed by atoms with Crippen molar-refractivity contribution in [2.24, 2.45) is 0 Å². The van der Waals surface area contributed by atoms with E-state index < -0.39 is 6.10 Å². The van der Waals surface area contributed by atoms with E-state index in [1.54, 1.807) is 7.11 Å². The number of aliphatic hydroxyl groups excluding tert-OH is 1. The molecule has 2 nitrogen and oxygen atoms in total. The smallest absolute Gasteiger partial charge is 0.0791 e. The Balaban J connectivity index is 2.67. The highest BCUT2D eigenvalue weighted by molar-refractivity contribution is 9.10. The predicted octanol–water partition coefficient (Wildman–Crippen LogP) is 4.00. The van der Waals surface area contributed by atoms with Gasteiger partial charge in [0.2, 0.25) is 0 Å². The van der Waals surface area contributed by atoms with E-state index in [0.717, 1.165) is 22.0 Å². The van der Waals surface area contributed by atoms with Crippen molar-refractivity contribution in [1.82, 2.24) is 0 Å². The molecule has 0 aliphatic heterocycles. The van der Waals surface area contributed by atoms with Crippen molar-refractivity contribution in [2.45, 2.75) is 45.3 Å². The first-order chi connectivity index (χ1) is 7.84. The molecule has 1 N–H and O–H groups in total. The number of halogens is 1. The van der Waals surface area contributed by atoms with E-state index in [1.807, 2.05) is 39.0 Å². The number of hydrogen-bond donors (Lipinski definition) is 1. The Kier molecular flexibility index (Phi) is 5.17. The average molecular weight is 301 g/mol. The quantitative estimate of drug-likeness (QED) is 0.891. The Labute approximate surface area is 112 Å². The van der Waals surface area contributed by atoms with Crippen LogP contribution in [0.15, 0.2) is 22.7 Å². The third-order valence-electron chi connectivity index (χ3n) is 3.02. The number of aryl methyl sites for hydroxylation is 1. The van der Waals surface area contributed by atoms with Crippen LogP contribution in [0.4, 0.5) is 0 Å². The summed E-state index contributed by atoms with van der Waals surface area (Å²) < 4.78 is 6.36. The summed E-state index contributed by atoms with van der Waals surface area (Å²) in [4.78, 5) is 0. The lowest BCUT2D eigenvalue weighted by atomic mass is 9.96. The maximum atomic E-state index is 10.2. The molecule has 0 fully saturated rings. The van der Waals surface area contributed by atoms with Crippen molar-refractivity contribution >= 4 is 15.9 Å². The minimum atomic E-state index is -0.430. The second-order valence-corrected chi connectivity index (χ2v) is 6.00. The highest BCUT2D eigenvalue weighted by Gasteiger charge is 2.19. The highest BCUT2D eigenvalue weighted by atomic mass is 79.9. The summed E-state index contributed by atoms with van der Waals surface area (Å²) in [6.45, 7) is 6.10. The predicted molar refractivity (Wildman–Crippen MR) is 74.2 cm³/mol. The fourth-order valence-electron chi connectivity index (χ4n) is 1.71. The summed E-state index contributed by atoms with van der Waals surface area (Å²) in [5.41, 5.74) is 1.94. The first-order valence-electron chi connectivity index (χ1n) is 5.84. The first-order valence-corrected chi connectivity index (χ1v) is 6.64. The zero-order valence-corrected chi connectivity index (χ0v) is 12.5. The molecule has 3 heteroatoms. The van der Waals surface area contributed by atoms with E-state index in [9.17, 15) is 5.11 Å². The molecule has 0 saturated heterocycles. The van der Waals surface area contributed by atoms with Crippen LogP contribution in [-0.4, -0.2) is 17.8 Å². The SMILES string of the molecule is COC(C)(C)CCC(O)c1cc(C)cc(Br)c1. The average Bonchev–Trinajstić information content (AvgIpc) is 2.24. The lowest BCUT2D eigenvalue weighted by molar-refractivity contribution is 0.00278. The maximum absolute atomic E-state index is 10.2. The van der Waals surface area contributed by atoms with Crippen LogP contribution in [-0.2, 0) is 4.74 Å². The molecular formula is C14H21BrO2. The van der Waals surface area contributed by atoms with Gasteiger partial charge >= 0.3 is 0 Å². The summed E-state index contributed by atoms with van der Waals surface area (Å²) >= 11 is 3.45. The second-order valence-electron chi connectivity index (χ2n) is 5.08. The fraction of sp³-hybridized carbons (Fsp3) is 0.571.